The topological polar surface area (TPSA) is 107 Å². The predicted octanol–water partition coefficient (Wildman–Crippen LogP) is 1.87. The maximum Gasteiger partial charge on any atom is 0.159 e. The quantitative estimate of drug-likeness (QED) is 0.540. The fourth-order valence-electron chi connectivity index (χ4n) is 4.20. The van der Waals surface area contributed by atoms with Crippen molar-refractivity contribution in [1.29, 1.82) is 0 Å². The number of hydrogen-bond donors (Lipinski definition) is 4. The average molecular weight is 412 g/mol. The summed E-state index contributed by atoms with van der Waals surface area (Å²) in [5.41, 5.74) is 4.83. The van der Waals surface area contributed by atoms with Crippen LogP contribution in [0.15, 0.2) is 42.5 Å². The van der Waals surface area contributed by atoms with Crippen molar-refractivity contribution < 1.29 is 30.0 Å². The number of carbonyl (C=O) groups is 1. The van der Waals surface area contributed by atoms with Gasteiger partial charge in [-0.2, -0.15) is 0 Å². The molecule has 4 N–H and O–H groups in total. The molecule has 1 aliphatic heterocycles. The van der Waals surface area contributed by atoms with E-state index in [1.165, 1.54) is 5.56 Å². The molecule has 0 unspecified atom stereocenters. The van der Waals surface area contributed by atoms with Gasteiger partial charge in [0.25, 0.3) is 0 Å². The van der Waals surface area contributed by atoms with Gasteiger partial charge in [-0.25, -0.2) is 0 Å². The Bertz CT molecular complexity index is 902. The van der Waals surface area contributed by atoms with Crippen LogP contribution in [-0.4, -0.2) is 57.2 Å². The van der Waals surface area contributed by atoms with E-state index in [1.807, 2.05) is 42.5 Å². The first-order valence-electron chi connectivity index (χ1n) is 10.4. The summed E-state index contributed by atoms with van der Waals surface area (Å²) in [6.07, 6.45) is -2.86. The zero-order chi connectivity index (χ0) is 21.4. The first kappa shape index (κ1) is 21.2. The molecule has 5 atom stereocenters. The van der Waals surface area contributed by atoms with E-state index < -0.39 is 37.1 Å². The second-order valence-electron chi connectivity index (χ2n) is 8.41. The van der Waals surface area contributed by atoms with E-state index in [2.05, 4.69) is 0 Å². The molecular weight excluding hydrogens is 384 g/mol. The first-order valence-corrected chi connectivity index (χ1v) is 10.4. The van der Waals surface area contributed by atoms with Crippen LogP contribution in [0.2, 0.25) is 0 Å². The molecule has 2 aliphatic rings. The molecule has 1 heterocycles. The third-order valence-electron chi connectivity index (χ3n) is 6.16. The Hall–Kier alpha value is -2.09. The normalized spacial score (nSPS) is 29.0. The predicted molar refractivity (Wildman–Crippen MR) is 110 cm³/mol. The molecule has 0 aromatic heterocycles. The van der Waals surface area contributed by atoms with Crippen molar-refractivity contribution in [2.75, 3.05) is 6.61 Å². The summed E-state index contributed by atoms with van der Waals surface area (Å²) in [4.78, 5) is 11.5. The zero-order valence-electron chi connectivity index (χ0n) is 16.9. The molecule has 1 saturated carbocycles. The Labute approximate surface area is 175 Å². The van der Waals surface area contributed by atoms with Crippen molar-refractivity contribution in [3.63, 3.8) is 0 Å². The minimum atomic E-state index is -1.40. The number of ether oxygens (including phenoxy) is 1. The molecule has 1 saturated heterocycles. The van der Waals surface area contributed by atoms with E-state index in [9.17, 15) is 25.2 Å². The second-order valence-corrected chi connectivity index (χ2v) is 8.41. The van der Waals surface area contributed by atoms with Crippen molar-refractivity contribution in [1.82, 2.24) is 0 Å². The van der Waals surface area contributed by atoms with Gasteiger partial charge in [-0.15, -0.1) is 0 Å². The molecule has 4 rings (SSSR count). The van der Waals surface area contributed by atoms with Crippen LogP contribution in [0.3, 0.4) is 0 Å². The lowest BCUT2D eigenvalue weighted by Crippen LogP contribution is -2.55. The number of ketones is 1. The summed E-state index contributed by atoms with van der Waals surface area (Å²) >= 11 is 0. The fourth-order valence-corrected chi connectivity index (χ4v) is 4.20. The lowest BCUT2D eigenvalue weighted by Gasteiger charge is -2.40. The van der Waals surface area contributed by atoms with Gasteiger partial charge in [0.05, 0.1) is 6.61 Å². The van der Waals surface area contributed by atoms with Gasteiger partial charge < -0.3 is 25.2 Å². The lowest BCUT2D eigenvalue weighted by molar-refractivity contribution is -0.231. The van der Waals surface area contributed by atoms with Gasteiger partial charge >= 0.3 is 0 Å². The van der Waals surface area contributed by atoms with E-state index in [4.69, 9.17) is 4.74 Å². The molecule has 160 valence electrons. The number of aliphatic hydroxyl groups excluding tert-OH is 4. The van der Waals surface area contributed by atoms with E-state index in [1.54, 1.807) is 6.92 Å². The smallest absolute Gasteiger partial charge is 0.159 e. The summed E-state index contributed by atoms with van der Waals surface area (Å²) in [6.45, 7) is 1.10. The Morgan fingerprint density at radius 2 is 1.70 bits per heavy atom. The van der Waals surface area contributed by atoms with Gasteiger partial charge in [-0.1, -0.05) is 42.5 Å². The molecular formula is C24H28O6. The number of Topliss-reactive ketones (excluding diaryl/α,β-unsaturated/α-hetero) is 1. The molecule has 0 amide bonds. The van der Waals surface area contributed by atoms with Crippen LogP contribution in [0.5, 0.6) is 0 Å². The first-order chi connectivity index (χ1) is 14.4. The van der Waals surface area contributed by atoms with Crippen molar-refractivity contribution in [3.05, 3.63) is 70.3 Å². The van der Waals surface area contributed by atoms with Gasteiger partial charge in [-0.3, -0.25) is 4.79 Å². The van der Waals surface area contributed by atoms with Gasteiger partial charge in [0, 0.05) is 5.56 Å². The molecule has 0 bridgehead atoms. The minimum Gasteiger partial charge on any atom is -0.394 e. The van der Waals surface area contributed by atoms with Crippen LogP contribution < -0.4 is 0 Å². The number of benzene rings is 2. The number of carbonyl (C=O) groups excluding carboxylic acids is 1. The lowest BCUT2D eigenvalue weighted by atomic mass is 9.88. The van der Waals surface area contributed by atoms with Crippen LogP contribution in [-0.2, 0) is 11.2 Å². The Balaban J connectivity index is 1.63. The summed E-state index contributed by atoms with van der Waals surface area (Å²) in [6, 6.07) is 13.5. The summed E-state index contributed by atoms with van der Waals surface area (Å²) in [5.74, 6) is 0.560. The van der Waals surface area contributed by atoms with E-state index in [0.29, 0.717) is 23.5 Å². The van der Waals surface area contributed by atoms with E-state index in [-0.39, 0.29) is 5.78 Å². The van der Waals surface area contributed by atoms with Gasteiger partial charge in [0.2, 0.25) is 0 Å². The van der Waals surface area contributed by atoms with Crippen LogP contribution in [0.4, 0.5) is 0 Å². The molecule has 2 fully saturated rings. The molecule has 30 heavy (non-hydrogen) atoms. The van der Waals surface area contributed by atoms with Gasteiger partial charge in [0.15, 0.2) is 5.78 Å². The monoisotopic (exact) mass is 412 g/mol. The molecule has 2 aromatic rings. The molecule has 0 radical (unpaired) electrons. The van der Waals surface area contributed by atoms with Crippen LogP contribution in [0, 0.1) is 0 Å². The Morgan fingerprint density at radius 3 is 2.30 bits per heavy atom. The zero-order valence-corrected chi connectivity index (χ0v) is 16.9. The maximum atomic E-state index is 11.5. The molecule has 1 aliphatic carbocycles. The highest BCUT2D eigenvalue weighted by molar-refractivity contribution is 5.94. The third kappa shape index (κ3) is 4.19. The summed E-state index contributed by atoms with van der Waals surface area (Å²) in [7, 11) is 0. The van der Waals surface area contributed by atoms with Crippen molar-refractivity contribution in [2.24, 2.45) is 0 Å². The number of rotatable bonds is 6. The Kier molecular flexibility index (Phi) is 6.04. The SMILES string of the molecule is CC(=O)c1ccc(Cc2cc([C@@H]3O[C@H](CO)[C@@H](O)[C@H](O)[C@H]3O)ccc2C2CC2)cc1. The molecule has 6 heteroatoms. The van der Waals surface area contributed by atoms with Crippen LogP contribution >= 0.6 is 0 Å². The van der Waals surface area contributed by atoms with Gasteiger partial charge in [0.1, 0.15) is 30.5 Å². The number of hydrogen-bond acceptors (Lipinski definition) is 6. The van der Waals surface area contributed by atoms with Gasteiger partial charge in [-0.05, 0) is 54.4 Å². The molecule has 2 aromatic carbocycles. The summed E-state index contributed by atoms with van der Waals surface area (Å²) in [5, 5.41) is 40.1. The van der Waals surface area contributed by atoms with Crippen LogP contribution in [0.25, 0.3) is 0 Å². The highest BCUT2D eigenvalue weighted by Crippen LogP contribution is 2.43. The largest absolute Gasteiger partial charge is 0.394 e. The van der Waals surface area contributed by atoms with Crippen molar-refractivity contribution in [2.45, 2.75) is 62.6 Å². The highest BCUT2D eigenvalue weighted by Gasteiger charge is 2.44. The molecule has 6 nitrogen and oxygen atoms in total. The fraction of sp³-hybridized carbons (Fsp3) is 0.458. The Morgan fingerprint density at radius 1 is 1.00 bits per heavy atom. The number of aliphatic hydroxyl groups is 4. The third-order valence-corrected chi connectivity index (χ3v) is 6.16. The van der Waals surface area contributed by atoms with Crippen molar-refractivity contribution in [3.8, 4) is 0 Å². The van der Waals surface area contributed by atoms with Crippen LogP contribution in [0.1, 0.15) is 64.4 Å². The van der Waals surface area contributed by atoms with Crippen molar-refractivity contribution >= 4 is 5.78 Å². The van der Waals surface area contributed by atoms with E-state index >= 15 is 0 Å². The maximum absolute atomic E-state index is 11.5. The standard InChI is InChI=1S/C24H28O6/c1-13(26)15-4-2-14(3-5-15)10-18-11-17(8-9-19(18)16-6-7-16)24-23(29)22(28)21(27)20(12-25)30-24/h2-5,8-9,11,16,20-25,27-29H,6-7,10,12H2,1H3/t20-,21-,22+,23-,24+/m1/s1. The van der Waals surface area contributed by atoms with E-state index in [0.717, 1.165) is 24.0 Å². The second kappa shape index (κ2) is 8.57. The molecule has 0 spiro atoms. The minimum absolute atomic E-state index is 0.0323. The average Bonchev–Trinajstić information content (AvgIpc) is 3.58. The highest BCUT2D eigenvalue weighted by atomic mass is 16.5. The summed E-state index contributed by atoms with van der Waals surface area (Å²) < 4.78 is 5.73.